The van der Waals surface area contributed by atoms with Gasteiger partial charge in [0.25, 0.3) is 0 Å². The van der Waals surface area contributed by atoms with Crippen LogP contribution in [0.5, 0.6) is 0 Å². The Morgan fingerprint density at radius 2 is 2.06 bits per heavy atom. The smallest absolute Gasteiger partial charge is 0.141 e. The second kappa shape index (κ2) is 6.19. The largest absolute Gasteiger partial charge is 0.324 e. The van der Waals surface area contributed by atoms with E-state index in [1.54, 1.807) is 12.1 Å². The van der Waals surface area contributed by atoms with Crippen molar-refractivity contribution in [3.8, 4) is 0 Å². The van der Waals surface area contributed by atoms with Gasteiger partial charge in [-0.05, 0) is 34.9 Å². The van der Waals surface area contributed by atoms with Gasteiger partial charge in [-0.25, -0.2) is 8.70 Å². The summed E-state index contributed by atoms with van der Waals surface area (Å²) in [4.78, 5) is 0. The second-order valence-electron chi connectivity index (χ2n) is 4.05. The molecule has 2 rings (SSSR count). The van der Waals surface area contributed by atoms with Crippen LogP contribution in [0, 0.1) is 5.82 Å². The van der Waals surface area contributed by atoms with Gasteiger partial charge in [0.15, 0.2) is 0 Å². The van der Waals surface area contributed by atoms with Crippen LogP contribution < -0.4 is 4.72 Å². The SMILES string of the molecule is C=S1CCN(S(=C)Nc2ccc(F)c(Cl)c2)CC1. The van der Waals surface area contributed by atoms with Gasteiger partial charge in [-0.3, -0.25) is 0 Å². The molecule has 0 saturated carbocycles. The van der Waals surface area contributed by atoms with Crippen molar-refractivity contribution in [2.75, 3.05) is 29.3 Å². The normalized spacial score (nSPS) is 19.7. The van der Waals surface area contributed by atoms with Gasteiger partial charge in [0.05, 0.1) is 5.02 Å². The molecule has 1 saturated heterocycles. The van der Waals surface area contributed by atoms with E-state index in [9.17, 15) is 4.39 Å². The summed E-state index contributed by atoms with van der Waals surface area (Å²) in [6.45, 7) is 2.03. The van der Waals surface area contributed by atoms with Crippen molar-refractivity contribution < 1.29 is 4.39 Å². The average molecular weight is 307 g/mol. The van der Waals surface area contributed by atoms with E-state index in [4.69, 9.17) is 11.6 Å². The van der Waals surface area contributed by atoms with Crippen LogP contribution in [-0.4, -0.2) is 40.6 Å². The van der Waals surface area contributed by atoms with E-state index in [1.165, 1.54) is 6.07 Å². The van der Waals surface area contributed by atoms with Gasteiger partial charge in [-0.15, -0.1) is 0 Å². The molecule has 2 nitrogen and oxygen atoms in total. The molecule has 100 valence electrons. The van der Waals surface area contributed by atoms with Crippen LogP contribution in [-0.2, 0) is 0 Å². The Morgan fingerprint density at radius 3 is 2.67 bits per heavy atom. The molecule has 1 unspecified atom stereocenters. The minimum absolute atomic E-state index is 0.134. The lowest BCUT2D eigenvalue weighted by atomic mass is 10.3. The van der Waals surface area contributed by atoms with Crippen LogP contribution in [0.15, 0.2) is 18.2 Å². The monoisotopic (exact) mass is 306 g/mol. The van der Waals surface area contributed by atoms with Gasteiger partial charge in [0, 0.05) is 30.3 Å². The highest BCUT2D eigenvalue weighted by Crippen LogP contribution is 2.28. The summed E-state index contributed by atoms with van der Waals surface area (Å²) in [5.41, 5.74) is 0.805. The first-order valence-corrected chi connectivity index (χ1v) is 9.00. The Balaban J connectivity index is 1.98. The predicted octanol–water partition coefficient (Wildman–Crippen LogP) is 3.44. The summed E-state index contributed by atoms with van der Waals surface area (Å²) in [5.74, 6) is 10.1. The number of rotatable bonds is 3. The highest BCUT2D eigenvalue weighted by atomic mass is 35.5. The van der Waals surface area contributed by atoms with Gasteiger partial charge < -0.3 is 4.72 Å². The zero-order valence-corrected chi connectivity index (χ0v) is 12.4. The molecule has 1 heterocycles. The van der Waals surface area contributed by atoms with Gasteiger partial charge in [0.2, 0.25) is 0 Å². The summed E-state index contributed by atoms with van der Waals surface area (Å²) in [6, 6.07) is 4.64. The number of anilines is 1. The van der Waals surface area contributed by atoms with E-state index >= 15 is 0 Å². The summed E-state index contributed by atoms with van der Waals surface area (Å²) in [6.07, 6.45) is 0. The van der Waals surface area contributed by atoms with Crippen molar-refractivity contribution in [2.24, 2.45) is 0 Å². The molecule has 0 aliphatic carbocycles. The van der Waals surface area contributed by atoms with E-state index in [1.807, 2.05) is 0 Å². The third kappa shape index (κ3) is 3.57. The summed E-state index contributed by atoms with van der Waals surface area (Å²) < 4.78 is 18.6. The number of nitrogens with one attached hydrogen (secondary N) is 1. The molecule has 0 aromatic heterocycles. The summed E-state index contributed by atoms with van der Waals surface area (Å²) in [5, 5.41) is 0.134. The molecule has 0 bridgehead atoms. The Hall–Kier alpha value is -0.360. The minimum atomic E-state index is -0.398. The molecule has 0 radical (unpaired) electrons. The Labute approximate surface area is 117 Å². The maximum atomic E-state index is 13.0. The minimum Gasteiger partial charge on any atom is -0.324 e. The molecule has 1 atom stereocenters. The van der Waals surface area contributed by atoms with Gasteiger partial charge >= 0.3 is 0 Å². The van der Waals surface area contributed by atoms with Crippen molar-refractivity contribution in [1.29, 1.82) is 0 Å². The van der Waals surface area contributed by atoms with Gasteiger partial charge in [-0.2, -0.15) is 10.5 Å². The Morgan fingerprint density at radius 1 is 1.39 bits per heavy atom. The number of benzene rings is 1. The zero-order valence-electron chi connectivity index (χ0n) is 9.99. The Kier molecular flexibility index (Phi) is 4.84. The summed E-state index contributed by atoms with van der Waals surface area (Å²) >= 11 is 5.75. The molecule has 1 fully saturated rings. The fraction of sp³-hybridized carbons (Fsp3) is 0.333. The first-order valence-electron chi connectivity index (χ1n) is 5.54. The molecule has 0 amide bonds. The van der Waals surface area contributed by atoms with Crippen LogP contribution in [0.3, 0.4) is 0 Å². The standard InChI is InChI=1S/C12H16ClFN2S2/c1-17-7-5-16(6-8-17)18(2)15-10-3-4-12(14)11(13)9-10/h3-4,9,15H,1-2,5-8H2. The first kappa shape index (κ1) is 14.1. The maximum Gasteiger partial charge on any atom is 0.141 e. The lowest BCUT2D eigenvalue weighted by Crippen LogP contribution is -2.30. The van der Waals surface area contributed by atoms with E-state index in [2.05, 4.69) is 20.8 Å². The molecule has 1 aromatic rings. The summed E-state index contributed by atoms with van der Waals surface area (Å²) in [7, 11) is -0.00249. The van der Waals surface area contributed by atoms with Crippen LogP contribution in [0.1, 0.15) is 0 Å². The molecule has 1 aliphatic rings. The van der Waals surface area contributed by atoms with Gasteiger partial charge in [0.1, 0.15) is 5.82 Å². The highest BCUT2D eigenvalue weighted by molar-refractivity contribution is 8.15. The fourth-order valence-electron chi connectivity index (χ4n) is 1.66. The van der Waals surface area contributed by atoms with Crippen LogP contribution >= 0.6 is 32.9 Å². The quantitative estimate of drug-likeness (QED) is 0.861. The van der Waals surface area contributed by atoms with E-state index in [-0.39, 0.29) is 15.9 Å². The highest BCUT2D eigenvalue weighted by Gasteiger charge is 2.14. The van der Waals surface area contributed by atoms with E-state index in [0.29, 0.717) is 10.5 Å². The third-order valence-corrected chi connectivity index (χ3v) is 5.99. The third-order valence-electron chi connectivity index (χ3n) is 2.73. The molecule has 0 spiro atoms. The predicted molar refractivity (Wildman–Crippen MR) is 85.8 cm³/mol. The van der Waals surface area contributed by atoms with Crippen molar-refractivity contribution in [2.45, 2.75) is 0 Å². The van der Waals surface area contributed by atoms with Crippen LogP contribution in [0.4, 0.5) is 10.1 Å². The van der Waals surface area contributed by atoms with Crippen LogP contribution in [0.2, 0.25) is 5.02 Å². The lowest BCUT2D eigenvalue weighted by Gasteiger charge is -2.31. The van der Waals surface area contributed by atoms with E-state index in [0.717, 1.165) is 30.3 Å². The molecule has 1 aliphatic heterocycles. The topological polar surface area (TPSA) is 15.3 Å². The van der Waals surface area contributed by atoms with Crippen molar-refractivity contribution in [1.82, 2.24) is 4.31 Å². The molecule has 6 heteroatoms. The van der Waals surface area contributed by atoms with Crippen molar-refractivity contribution in [3.05, 3.63) is 29.0 Å². The molecular weight excluding hydrogens is 291 g/mol. The van der Waals surface area contributed by atoms with Gasteiger partial charge in [-0.1, -0.05) is 17.5 Å². The number of halogens is 2. The second-order valence-corrected chi connectivity index (χ2v) is 7.94. The van der Waals surface area contributed by atoms with Crippen molar-refractivity contribution >= 4 is 50.4 Å². The average Bonchev–Trinajstić information content (AvgIpc) is 2.34. The molecule has 1 aromatic carbocycles. The lowest BCUT2D eigenvalue weighted by molar-refractivity contribution is 0.522. The van der Waals surface area contributed by atoms with Crippen molar-refractivity contribution in [3.63, 3.8) is 0 Å². The number of hydrogen-bond acceptors (Lipinski definition) is 2. The van der Waals surface area contributed by atoms with Crippen LogP contribution in [0.25, 0.3) is 0 Å². The zero-order chi connectivity index (χ0) is 13.1. The Bertz CT molecular complexity index is 483. The molecule has 18 heavy (non-hydrogen) atoms. The number of nitrogens with zero attached hydrogens (tertiary/aromatic N) is 1. The molecular formula is C12H16ClFN2S2. The maximum absolute atomic E-state index is 13.0. The molecule has 1 N–H and O–H groups in total. The first-order chi connectivity index (χ1) is 8.56. The number of hydrogen-bond donors (Lipinski definition) is 1. The fourth-order valence-corrected chi connectivity index (χ4v) is 4.38. The van der Waals surface area contributed by atoms with E-state index < -0.39 is 5.82 Å².